The Labute approximate surface area is 267 Å². The van der Waals surface area contributed by atoms with E-state index in [0.29, 0.717) is 33.3 Å². The third-order valence-electron chi connectivity index (χ3n) is 8.69. The minimum Gasteiger partial charge on any atom is -0.481 e. The van der Waals surface area contributed by atoms with E-state index in [0.717, 1.165) is 33.6 Å². The van der Waals surface area contributed by atoms with Crippen molar-refractivity contribution in [1.82, 2.24) is 15.3 Å². The second-order valence-electron chi connectivity index (χ2n) is 11.5. The van der Waals surface area contributed by atoms with Crippen LogP contribution < -0.4 is 16.0 Å². The Morgan fingerprint density at radius 3 is 2.20 bits per heavy atom. The van der Waals surface area contributed by atoms with Gasteiger partial charge >= 0.3 is 11.9 Å². The van der Waals surface area contributed by atoms with Crippen molar-refractivity contribution in [3.8, 4) is 0 Å². The Kier molecular flexibility index (Phi) is 10.6. The van der Waals surface area contributed by atoms with Gasteiger partial charge in [0.25, 0.3) is 5.91 Å². The lowest BCUT2D eigenvalue weighted by atomic mass is 9.91. The van der Waals surface area contributed by atoms with E-state index in [2.05, 4.69) is 42.2 Å². The van der Waals surface area contributed by atoms with Crippen molar-refractivity contribution < 1.29 is 29.4 Å². The Morgan fingerprint density at radius 1 is 0.978 bits per heavy atom. The fourth-order valence-corrected chi connectivity index (χ4v) is 7.08. The van der Waals surface area contributed by atoms with E-state index in [-0.39, 0.29) is 54.6 Å². The summed E-state index contributed by atoms with van der Waals surface area (Å²) < 4.78 is 0. The number of carbonyl (C=O) groups is 4. The predicted octanol–water partition coefficient (Wildman–Crippen LogP) is 3.72. The number of H-pyrrole nitrogens is 2. The van der Waals surface area contributed by atoms with Gasteiger partial charge in [-0.15, -0.1) is 11.4 Å². The quantitative estimate of drug-likeness (QED) is 0.219. The Bertz CT molecular complexity index is 1810. The summed E-state index contributed by atoms with van der Waals surface area (Å²) in [5.41, 5.74) is 7.19. The van der Waals surface area contributed by atoms with Crippen molar-refractivity contribution >= 4 is 67.5 Å². The van der Waals surface area contributed by atoms with Crippen molar-refractivity contribution in [2.24, 2.45) is 16.8 Å². The van der Waals surface area contributed by atoms with Crippen LogP contribution in [0, 0.1) is 25.7 Å². The van der Waals surface area contributed by atoms with Gasteiger partial charge in [0.2, 0.25) is 5.91 Å². The molecule has 5 N–H and O–H groups in total. The van der Waals surface area contributed by atoms with Crippen molar-refractivity contribution in [3.05, 3.63) is 73.8 Å². The van der Waals surface area contributed by atoms with Crippen LogP contribution in [0.5, 0.6) is 0 Å². The van der Waals surface area contributed by atoms with Gasteiger partial charge in [-0.2, -0.15) is 0 Å². The van der Waals surface area contributed by atoms with Gasteiger partial charge < -0.3 is 25.5 Å². The third-order valence-corrected chi connectivity index (χ3v) is 10.7. The standard InChI is InChI=1S/C33H39N4O6PS/c1-7-20-15(2)25(36-33(20)43)12-23-16(3)21(8-10-29(38)39)26(34-23)14-27-22(9-11-30(40)41)17(4)24(35-27)13-28-31(19(6)45-44)18(5)32(42)37-28/h7,12-14,18-19,31,34-35H,1,8-11,44H2,2-6H3,(H,37,42)(H,38,39)(H,40,41)/b23-12-,26-14-,28-13-/t18-,19?,31?/m1/s1. The van der Waals surface area contributed by atoms with E-state index in [4.69, 9.17) is 0 Å². The summed E-state index contributed by atoms with van der Waals surface area (Å²) in [5, 5.41) is 23.5. The monoisotopic (exact) mass is 650 g/mol. The van der Waals surface area contributed by atoms with Gasteiger partial charge in [0.15, 0.2) is 0 Å². The topological polar surface area (TPSA) is 165 Å². The van der Waals surface area contributed by atoms with Crippen LogP contribution in [0.4, 0.5) is 0 Å². The fourth-order valence-electron chi connectivity index (χ4n) is 6.02. The second kappa shape index (κ2) is 14.0. The number of carboxylic acid groups (broad SMARTS) is 2. The molecule has 2 amide bonds. The van der Waals surface area contributed by atoms with Crippen LogP contribution in [0.1, 0.15) is 67.3 Å². The molecule has 0 saturated carbocycles. The zero-order valence-corrected chi connectivity index (χ0v) is 28.0. The van der Waals surface area contributed by atoms with Gasteiger partial charge in [-0.3, -0.25) is 19.2 Å². The molecule has 0 bridgehead atoms. The summed E-state index contributed by atoms with van der Waals surface area (Å²) in [7, 11) is 2.67. The van der Waals surface area contributed by atoms with Crippen molar-refractivity contribution in [3.63, 3.8) is 0 Å². The van der Waals surface area contributed by atoms with Crippen LogP contribution in [-0.4, -0.2) is 54.9 Å². The molecule has 10 nitrogen and oxygen atoms in total. The molecule has 4 heterocycles. The van der Waals surface area contributed by atoms with Crippen LogP contribution in [0.2, 0.25) is 0 Å². The number of nitrogens with one attached hydrogen (secondary N) is 3. The second-order valence-corrected chi connectivity index (χ2v) is 13.3. The molecule has 238 valence electrons. The first-order valence-electron chi connectivity index (χ1n) is 14.7. The summed E-state index contributed by atoms with van der Waals surface area (Å²) in [6.45, 7) is 13.3. The van der Waals surface area contributed by atoms with Gasteiger partial charge in [-0.1, -0.05) is 34.9 Å². The van der Waals surface area contributed by atoms with E-state index >= 15 is 0 Å². The average molecular weight is 651 g/mol. The molecule has 2 aromatic rings. The highest BCUT2D eigenvalue weighted by Crippen LogP contribution is 2.38. The van der Waals surface area contributed by atoms with Crippen molar-refractivity contribution in [2.75, 3.05) is 0 Å². The number of allylic oxidation sites excluding steroid dienone is 2. The maximum absolute atomic E-state index is 12.6. The zero-order valence-electron chi connectivity index (χ0n) is 26.0. The van der Waals surface area contributed by atoms with Crippen LogP contribution in [0.15, 0.2) is 34.5 Å². The van der Waals surface area contributed by atoms with E-state index < -0.39 is 11.9 Å². The minimum absolute atomic E-state index is 0.0196. The first kappa shape index (κ1) is 33.9. The highest BCUT2D eigenvalue weighted by atomic mass is 32.7. The maximum Gasteiger partial charge on any atom is 0.303 e. The predicted molar refractivity (Wildman–Crippen MR) is 181 cm³/mol. The summed E-state index contributed by atoms with van der Waals surface area (Å²) >= 11 is 1.61. The number of nitrogens with zero attached hydrogens (tertiary/aromatic N) is 1. The SMILES string of the molecule is C=CC1=C(C)C(/C=c2\[nH]/c(=C\c3[nH]c(/C=C4\NC(=O)[C@H](C)C4C(C)SP)c(C)c3CCC(=O)O)c(CCC(=O)O)c2C)=NC1=O. The summed E-state index contributed by atoms with van der Waals surface area (Å²) in [6.07, 6.45) is 7.44. The minimum atomic E-state index is -0.931. The number of hydrogen-bond acceptors (Lipinski definition) is 5. The van der Waals surface area contributed by atoms with Crippen molar-refractivity contribution in [1.29, 1.82) is 0 Å². The molecule has 4 atom stereocenters. The third kappa shape index (κ3) is 7.15. The van der Waals surface area contributed by atoms with Crippen LogP contribution >= 0.6 is 19.8 Å². The number of aliphatic imine (C=N–C) groups is 1. The van der Waals surface area contributed by atoms with Gasteiger partial charge in [0.1, 0.15) is 0 Å². The number of carboxylic acids is 2. The van der Waals surface area contributed by atoms with Gasteiger partial charge in [0, 0.05) is 63.3 Å². The highest BCUT2D eigenvalue weighted by molar-refractivity contribution is 8.44. The number of rotatable bonds is 12. The smallest absolute Gasteiger partial charge is 0.303 e. The first-order valence-corrected chi connectivity index (χ1v) is 17.0. The molecule has 3 unspecified atom stereocenters. The Hall–Kier alpha value is -3.95. The molecule has 2 aromatic heterocycles. The number of aromatic amines is 2. The molecule has 12 heteroatoms. The zero-order chi connectivity index (χ0) is 33.2. The van der Waals surface area contributed by atoms with Gasteiger partial charge in [-0.05, 0) is 79.7 Å². The maximum atomic E-state index is 12.6. The van der Waals surface area contributed by atoms with Gasteiger partial charge in [-0.25, -0.2) is 4.99 Å². The summed E-state index contributed by atoms with van der Waals surface area (Å²) in [6, 6.07) is 0. The molecule has 45 heavy (non-hydrogen) atoms. The van der Waals surface area contributed by atoms with E-state index in [1.54, 1.807) is 24.4 Å². The molecule has 2 aliphatic heterocycles. The van der Waals surface area contributed by atoms with Crippen LogP contribution in [0.3, 0.4) is 0 Å². The molecule has 1 saturated heterocycles. The number of hydrogen-bond donors (Lipinski definition) is 5. The lowest BCUT2D eigenvalue weighted by Gasteiger charge is -2.20. The van der Waals surface area contributed by atoms with Crippen molar-refractivity contribution in [2.45, 2.75) is 65.6 Å². The number of aromatic nitrogens is 2. The largest absolute Gasteiger partial charge is 0.481 e. The van der Waals surface area contributed by atoms with E-state index in [9.17, 15) is 29.4 Å². The molecular formula is C33H39N4O6PS. The average Bonchev–Trinajstić information content (AvgIpc) is 3.63. The first-order chi connectivity index (χ1) is 21.3. The van der Waals surface area contributed by atoms with Crippen LogP contribution in [-0.2, 0) is 32.0 Å². The Morgan fingerprint density at radius 2 is 1.62 bits per heavy atom. The number of aliphatic carboxylic acids is 2. The molecule has 0 aromatic carbocycles. The molecule has 0 radical (unpaired) electrons. The van der Waals surface area contributed by atoms with Crippen LogP contribution in [0.25, 0.3) is 18.2 Å². The molecule has 0 aliphatic carbocycles. The normalized spacial score (nSPS) is 20.8. The molecule has 4 rings (SSSR count). The molecule has 2 aliphatic rings. The summed E-state index contributed by atoms with van der Waals surface area (Å²) in [4.78, 5) is 59.1. The number of amides is 2. The van der Waals surface area contributed by atoms with Gasteiger partial charge in [0.05, 0.1) is 5.71 Å². The number of carbonyl (C=O) groups excluding carboxylic acids is 2. The van der Waals surface area contributed by atoms with E-state index in [1.807, 2.05) is 32.9 Å². The lowest BCUT2D eigenvalue weighted by molar-refractivity contribution is -0.138. The lowest BCUT2D eigenvalue weighted by Crippen LogP contribution is -2.20. The van der Waals surface area contributed by atoms with E-state index in [1.165, 1.54) is 6.08 Å². The Balaban J connectivity index is 1.91. The fraction of sp³-hybridized carbons (Fsp3) is 0.364. The highest BCUT2D eigenvalue weighted by Gasteiger charge is 2.38. The summed E-state index contributed by atoms with van der Waals surface area (Å²) in [5.74, 6) is -2.46. The molecule has 1 fully saturated rings. The molecular weight excluding hydrogens is 611 g/mol. The molecule has 0 spiro atoms.